The minimum absolute atomic E-state index is 0.0805. The van der Waals surface area contributed by atoms with Crippen molar-refractivity contribution < 1.29 is 4.92 Å². The van der Waals surface area contributed by atoms with Gasteiger partial charge in [0, 0.05) is 6.07 Å². The molecule has 4 nitrogen and oxygen atoms in total. The van der Waals surface area contributed by atoms with Crippen LogP contribution in [0.1, 0.15) is 13.3 Å². The lowest BCUT2D eigenvalue weighted by Gasteiger charge is -2.08. The van der Waals surface area contributed by atoms with Crippen LogP contribution < -0.4 is 5.32 Å². The third kappa shape index (κ3) is 4.14. The summed E-state index contributed by atoms with van der Waals surface area (Å²) in [6.45, 7) is 2.05. The predicted octanol–water partition coefficient (Wildman–Crippen LogP) is 4.09. The number of thioether (sulfide) groups is 1. The van der Waals surface area contributed by atoms with E-state index in [1.165, 1.54) is 17.8 Å². The van der Waals surface area contributed by atoms with Gasteiger partial charge >= 0.3 is 0 Å². The van der Waals surface area contributed by atoms with Crippen LogP contribution in [0.15, 0.2) is 18.2 Å². The fourth-order valence-electron chi connectivity index (χ4n) is 1.10. The Bertz CT molecular complexity index is 440. The van der Waals surface area contributed by atoms with E-state index in [9.17, 15) is 10.1 Å². The molecule has 0 amide bonds. The van der Waals surface area contributed by atoms with Crippen molar-refractivity contribution >= 4 is 51.3 Å². The van der Waals surface area contributed by atoms with E-state index >= 15 is 0 Å². The highest BCUT2D eigenvalue weighted by Gasteiger charge is 2.15. The lowest BCUT2D eigenvalue weighted by molar-refractivity contribution is -0.384. The number of benzene rings is 1. The summed E-state index contributed by atoms with van der Waals surface area (Å²) >= 11 is 12.5. The van der Waals surface area contributed by atoms with Gasteiger partial charge in [0.25, 0.3) is 5.69 Å². The molecule has 0 aliphatic heterocycles. The zero-order valence-electron chi connectivity index (χ0n) is 9.10. The molecule has 1 aromatic carbocycles. The molecule has 0 saturated heterocycles. The first-order chi connectivity index (χ1) is 8.06. The molecule has 0 unspecified atom stereocenters. The molecule has 1 N–H and O–H groups in total. The van der Waals surface area contributed by atoms with Gasteiger partial charge in [-0.05, 0) is 18.2 Å². The Hall–Kier alpha value is -0.850. The Labute approximate surface area is 114 Å². The van der Waals surface area contributed by atoms with Crippen LogP contribution in [-0.4, -0.2) is 15.0 Å². The number of hydrogen-bond acceptors (Lipinski definition) is 4. The van der Waals surface area contributed by atoms with Gasteiger partial charge in [-0.3, -0.25) is 10.1 Å². The number of nitro groups is 1. The van der Waals surface area contributed by atoms with Crippen molar-refractivity contribution in [3.8, 4) is 0 Å². The summed E-state index contributed by atoms with van der Waals surface area (Å²) in [5.74, 6) is 0.901. The van der Waals surface area contributed by atoms with E-state index in [0.717, 1.165) is 12.2 Å². The first-order valence-electron chi connectivity index (χ1n) is 4.93. The Balaban J connectivity index is 2.81. The van der Waals surface area contributed by atoms with Crippen molar-refractivity contribution in [2.24, 2.45) is 0 Å². The highest BCUT2D eigenvalue weighted by Crippen LogP contribution is 2.32. The third-order valence-electron chi connectivity index (χ3n) is 1.85. The summed E-state index contributed by atoms with van der Waals surface area (Å²) in [5.41, 5.74) is 0.342. The highest BCUT2D eigenvalue weighted by atomic mass is 35.5. The summed E-state index contributed by atoms with van der Waals surface area (Å²) in [6.07, 6.45) is 1.01. The zero-order valence-corrected chi connectivity index (χ0v) is 11.5. The molecule has 7 heteroatoms. The van der Waals surface area contributed by atoms with Crippen molar-refractivity contribution in [2.75, 3.05) is 11.1 Å². The number of hydrogen-bond donors (Lipinski definition) is 1. The molecule has 0 fully saturated rings. The van der Waals surface area contributed by atoms with Gasteiger partial charge in [0.1, 0.15) is 9.34 Å². The number of nitrogens with zero attached hydrogens (tertiary/aromatic N) is 1. The average Bonchev–Trinajstić information content (AvgIpc) is 2.28. The van der Waals surface area contributed by atoms with Crippen LogP contribution in [0.2, 0.25) is 5.02 Å². The van der Waals surface area contributed by atoms with Gasteiger partial charge in [-0.1, -0.05) is 48.6 Å². The molecule has 0 aliphatic carbocycles. The van der Waals surface area contributed by atoms with E-state index in [-0.39, 0.29) is 10.7 Å². The van der Waals surface area contributed by atoms with Crippen LogP contribution in [0.25, 0.3) is 0 Å². The van der Waals surface area contributed by atoms with Crippen LogP contribution in [0.4, 0.5) is 11.4 Å². The summed E-state index contributed by atoms with van der Waals surface area (Å²) in [4.78, 5) is 10.2. The fourth-order valence-corrected chi connectivity index (χ4v) is 2.27. The van der Waals surface area contributed by atoms with Crippen LogP contribution in [-0.2, 0) is 0 Å². The van der Waals surface area contributed by atoms with Crippen molar-refractivity contribution in [1.82, 2.24) is 0 Å². The van der Waals surface area contributed by atoms with Crippen molar-refractivity contribution in [3.63, 3.8) is 0 Å². The van der Waals surface area contributed by atoms with Gasteiger partial charge < -0.3 is 5.32 Å². The molecular formula is C10H11ClN2O2S2. The molecule has 1 aromatic rings. The minimum Gasteiger partial charge on any atom is -0.340 e. The van der Waals surface area contributed by atoms with Crippen molar-refractivity contribution in [3.05, 3.63) is 33.3 Å². The Morgan fingerprint density at radius 2 is 2.35 bits per heavy atom. The summed E-state index contributed by atoms with van der Waals surface area (Å²) < 4.78 is 0.564. The van der Waals surface area contributed by atoms with Gasteiger partial charge in [0.05, 0.1) is 10.6 Å². The van der Waals surface area contributed by atoms with Crippen LogP contribution in [0, 0.1) is 10.1 Å². The summed E-state index contributed by atoms with van der Waals surface area (Å²) in [6, 6.07) is 4.59. The Morgan fingerprint density at radius 3 is 2.94 bits per heavy atom. The number of nitro benzene ring substituents is 1. The standard InChI is InChI=1S/C10H11ClN2O2S2/c1-2-6-17-10(16)12-7-4-3-5-8(9(7)11)13(14)15/h3-5H,2,6H2,1H3,(H,12,16). The molecule has 92 valence electrons. The molecule has 0 heterocycles. The van der Waals surface area contributed by atoms with Crippen molar-refractivity contribution in [2.45, 2.75) is 13.3 Å². The minimum atomic E-state index is -0.518. The molecule has 0 radical (unpaired) electrons. The second-order valence-corrected chi connectivity index (χ2v) is 5.31. The van der Waals surface area contributed by atoms with Crippen LogP contribution in [0.3, 0.4) is 0 Å². The first kappa shape index (κ1) is 14.2. The number of thiocarbonyl (C=S) groups is 1. The van der Waals surface area contributed by atoms with E-state index in [4.69, 9.17) is 23.8 Å². The third-order valence-corrected chi connectivity index (χ3v) is 3.68. The topological polar surface area (TPSA) is 55.2 Å². The number of nitrogens with one attached hydrogen (secondary N) is 1. The summed E-state index contributed by atoms with van der Waals surface area (Å²) in [7, 11) is 0. The van der Waals surface area contributed by atoms with E-state index in [1.807, 2.05) is 0 Å². The van der Waals surface area contributed by atoms with Gasteiger partial charge in [-0.15, -0.1) is 0 Å². The van der Waals surface area contributed by atoms with Crippen molar-refractivity contribution in [1.29, 1.82) is 0 Å². The molecular weight excluding hydrogens is 280 g/mol. The number of halogens is 1. The molecule has 0 spiro atoms. The average molecular weight is 291 g/mol. The maximum atomic E-state index is 10.7. The lowest BCUT2D eigenvalue weighted by Crippen LogP contribution is -2.06. The largest absolute Gasteiger partial charge is 0.340 e. The fraction of sp³-hybridized carbons (Fsp3) is 0.300. The Kier molecular flexibility index (Phi) is 5.67. The van der Waals surface area contributed by atoms with Crippen LogP contribution in [0.5, 0.6) is 0 Å². The number of anilines is 1. The second kappa shape index (κ2) is 6.78. The SMILES string of the molecule is CCCSC(=S)Nc1cccc([N+](=O)[O-])c1Cl. The molecule has 0 bridgehead atoms. The zero-order chi connectivity index (χ0) is 12.8. The lowest BCUT2D eigenvalue weighted by atomic mass is 10.3. The molecule has 0 aliphatic rings. The van der Waals surface area contributed by atoms with Crippen LogP contribution >= 0.6 is 35.6 Å². The molecule has 1 rings (SSSR count). The molecule has 0 atom stereocenters. The van der Waals surface area contributed by atoms with E-state index in [1.54, 1.807) is 12.1 Å². The van der Waals surface area contributed by atoms with Gasteiger partial charge in [-0.2, -0.15) is 0 Å². The maximum absolute atomic E-state index is 10.7. The van der Waals surface area contributed by atoms with Gasteiger partial charge in [0.15, 0.2) is 0 Å². The van der Waals surface area contributed by atoms with Gasteiger partial charge in [0.2, 0.25) is 0 Å². The monoisotopic (exact) mass is 290 g/mol. The Morgan fingerprint density at radius 1 is 1.65 bits per heavy atom. The van der Waals surface area contributed by atoms with Gasteiger partial charge in [-0.25, -0.2) is 0 Å². The normalized spacial score (nSPS) is 10.0. The maximum Gasteiger partial charge on any atom is 0.290 e. The molecule has 0 aromatic heterocycles. The van der Waals surface area contributed by atoms with E-state index < -0.39 is 4.92 Å². The second-order valence-electron chi connectivity index (χ2n) is 3.16. The summed E-state index contributed by atoms with van der Waals surface area (Å²) in [5, 5.41) is 13.7. The smallest absolute Gasteiger partial charge is 0.290 e. The highest BCUT2D eigenvalue weighted by molar-refractivity contribution is 8.23. The van der Waals surface area contributed by atoms with E-state index in [0.29, 0.717) is 10.0 Å². The molecule has 0 saturated carbocycles. The molecule has 17 heavy (non-hydrogen) atoms. The predicted molar refractivity (Wildman–Crippen MR) is 77.1 cm³/mol. The quantitative estimate of drug-likeness (QED) is 0.514. The van der Waals surface area contributed by atoms with E-state index in [2.05, 4.69) is 12.2 Å². The number of rotatable bonds is 4. The first-order valence-corrected chi connectivity index (χ1v) is 6.70.